The average molecular weight is 490 g/mol. The van der Waals surface area contributed by atoms with E-state index < -0.39 is 17.4 Å². The standard InChI is InChI=1S/C24H32ClN5O4/c1-30-20(18(25)15-27-30)24(10-11-24)23(33)29-19(22(31)32)9-14-34-13-3-2-6-17-8-7-16-5-4-12-26-21(16)28-17/h7-8,15,19H,2-6,9-14H2,1H3,(H,26,28)(H,29,33)(H,31,32)/t19-/m0/s1. The fourth-order valence-corrected chi connectivity index (χ4v) is 4.87. The second-order valence-electron chi connectivity index (χ2n) is 9.11. The van der Waals surface area contributed by atoms with Gasteiger partial charge in [-0.1, -0.05) is 17.7 Å². The van der Waals surface area contributed by atoms with Gasteiger partial charge < -0.3 is 20.5 Å². The molecule has 9 nitrogen and oxygen atoms in total. The lowest BCUT2D eigenvalue weighted by Crippen LogP contribution is -2.46. The summed E-state index contributed by atoms with van der Waals surface area (Å²) >= 11 is 6.22. The molecule has 0 aromatic carbocycles. The van der Waals surface area contributed by atoms with Gasteiger partial charge in [0.25, 0.3) is 0 Å². The Hall–Kier alpha value is -2.65. The van der Waals surface area contributed by atoms with Crippen molar-refractivity contribution in [1.82, 2.24) is 20.1 Å². The molecule has 0 unspecified atom stereocenters. The highest BCUT2D eigenvalue weighted by Crippen LogP contribution is 2.50. The highest BCUT2D eigenvalue weighted by molar-refractivity contribution is 6.31. The zero-order chi connectivity index (χ0) is 24.1. The summed E-state index contributed by atoms with van der Waals surface area (Å²) in [5.41, 5.74) is 2.20. The Kier molecular flexibility index (Phi) is 7.73. The minimum Gasteiger partial charge on any atom is -0.480 e. The quantitative estimate of drug-likeness (QED) is 0.392. The molecule has 0 spiro atoms. The predicted octanol–water partition coefficient (Wildman–Crippen LogP) is 2.86. The molecule has 1 fully saturated rings. The number of hydrogen-bond acceptors (Lipinski definition) is 6. The van der Waals surface area contributed by atoms with Crippen molar-refractivity contribution in [3.63, 3.8) is 0 Å². The number of hydrogen-bond donors (Lipinski definition) is 3. The maximum absolute atomic E-state index is 12.9. The first-order valence-electron chi connectivity index (χ1n) is 11.9. The highest BCUT2D eigenvalue weighted by Gasteiger charge is 2.55. The predicted molar refractivity (Wildman–Crippen MR) is 128 cm³/mol. The first-order valence-corrected chi connectivity index (χ1v) is 12.3. The lowest BCUT2D eigenvalue weighted by molar-refractivity contribution is -0.142. The number of aryl methyl sites for hydroxylation is 3. The number of rotatable bonds is 12. The molecule has 10 heteroatoms. The van der Waals surface area contributed by atoms with Crippen molar-refractivity contribution in [2.45, 2.75) is 62.8 Å². The lowest BCUT2D eigenvalue weighted by atomic mass is 10.0. The van der Waals surface area contributed by atoms with E-state index in [1.165, 1.54) is 11.8 Å². The number of nitrogens with zero attached hydrogens (tertiary/aromatic N) is 3. The molecule has 1 aliphatic carbocycles. The zero-order valence-electron chi connectivity index (χ0n) is 19.5. The summed E-state index contributed by atoms with van der Waals surface area (Å²) in [6.07, 6.45) is 7.87. The Morgan fingerprint density at radius 3 is 2.85 bits per heavy atom. The van der Waals surface area contributed by atoms with E-state index in [1.54, 1.807) is 11.7 Å². The van der Waals surface area contributed by atoms with Gasteiger partial charge in [0.05, 0.1) is 22.3 Å². The summed E-state index contributed by atoms with van der Waals surface area (Å²) in [6, 6.07) is 3.25. The lowest BCUT2D eigenvalue weighted by Gasteiger charge is -2.20. The number of ether oxygens (including phenoxy) is 1. The molecular formula is C24H32ClN5O4. The summed E-state index contributed by atoms with van der Waals surface area (Å²) in [7, 11) is 1.73. The van der Waals surface area contributed by atoms with Crippen LogP contribution in [0.5, 0.6) is 0 Å². The Morgan fingerprint density at radius 1 is 1.32 bits per heavy atom. The molecule has 1 amide bonds. The molecule has 184 valence electrons. The summed E-state index contributed by atoms with van der Waals surface area (Å²) in [5.74, 6) is -0.381. The highest BCUT2D eigenvalue weighted by atomic mass is 35.5. The van der Waals surface area contributed by atoms with Gasteiger partial charge in [-0.25, -0.2) is 9.78 Å². The van der Waals surface area contributed by atoms with Gasteiger partial charge in [0.2, 0.25) is 5.91 Å². The molecule has 2 aromatic heterocycles. The van der Waals surface area contributed by atoms with E-state index in [1.807, 2.05) is 0 Å². The topological polar surface area (TPSA) is 118 Å². The molecule has 0 saturated heterocycles. The van der Waals surface area contributed by atoms with Crippen molar-refractivity contribution in [2.24, 2.45) is 7.05 Å². The largest absolute Gasteiger partial charge is 0.480 e. The SMILES string of the molecule is Cn1ncc(Cl)c1C1(C(=O)N[C@@H](CCOCCCCc2ccc3c(n2)NCCC3)C(=O)O)CC1. The van der Waals surface area contributed by atoms with Crippen molar-refractivity contribution in [3.05, 3.63) is 40.3 Å². The van der Waals surface area contributed by atoms with E-state index in [2.05, 4.69) is 27.9 Å². The number of unbranched alkanes of at least 4 members (excludes halogenated alkanes) is 1. The average Bonchev–Trinajstić information content (AvgIpc) is 3.55. The number of nitrogens with one attached hydrogen (secondary N) is 2. The van der Waals surface area contributed by atoms with E-state index in [-0.39, 0.29) is 18.9 Å². The van der Waals surface area contributed by atoms with Crippen molar-refractivity contribution >= 4 is 29.3 Å². The number of aromatic nitrogens is 3. The van der Waals surface area contributed by atoms with Gasteiger partial charge in [0, 0.05) is 38.9 Å². The molecule has 0 radical (unpaired) electrons. The van der Waals surface area contributed by atoms with Crippen molar-refractivity contribution in [3.8, 4) is 0 Å². The molecular weight excluding hydrogens is 458 g/mol. The Morgan fingerprint density at radius 2 is 2.15 bits per heavy atom. The van der Waals surface area contributed by atoms with Crippen LogP contribution in [0.3, 0.4) is 0 Å². The van der Waals surface area contributed by atoms with E-state index in [4.69, 9.17) is 21.3 Å². The number of fused-ring (bicyclic) bond motifs is 1. The van der Waals surface area contributed by atoms with Crippen LogP contribution in [0.4, 0.5) is 5.82 Å². The first kappa shape index (κ1) is 24.5. The number of carboxylic acid groups (broad SMARTS) is 1. The molecule has 4 rings (SSSR count). The summed E-state index contributed by atoms with van der Waals surface area (Å²) < 4.78 is 7.24. The fraction of sp³-hybridized carbons (Fsp3) is 0.583. The molecule has 1 atom stereocenters. The van der Waals surface area contributed by atoms with Crippen LogP contribution in [0.25, 0.3) is 0 Å². The minimum absolute atomic E-state index is 0.203. The van der Waals surface area contributed by atoms with E-state index in [0.717, 1.165) is 50.2 Å². The zero-order valence-corrected chi connectivity index (χ0v) is 20.2. The third kappa shape index (κ3) is 5.52. The fourth-order valence-electron chi connectivity index (χ4n) is 4.52. The molecule has 0 bridgehead atoms. The van der Waals surface area contributed by atoms with Gasteiger partial charge in [-0.15, -0.1) is 0 Å². The van der Waals surface area contributed by atoms with E-state index in [9.17, 15) is 14.7 Å². The number of pyridine rings is 1. The second-order valence-corrected chi connectivity index (χ2v) is 9.52. The van der Waals surface area contributed by atoms with Crippen LogP contribution >= 0.6 is 11.6 Å². The van der Waals surface area contributed by atoms with Crippen molar-refractivity contribution in [2.75, 3.05) is 25.1 Å². The number of aliphatic carboxylic acids is 1. The Bertz CT molecular complexity index is 1020. The number of carboxylic acids is 1. The third-order valence-electron chi connectivity index (χ3n) is 6.61. The van der Waals surface area contributed by atoms with Gasteiger partial charge in [0.15, 0.2) is 0 Å². The number of amides is 1. The minimum atomic E-state index is -1.07. The Balaban J connectivity index is 1.17. The van der Waals surface area contributed by atoms with Crippen LogP contribution in [0.1, 0.15) is 55.5 Å². The van der Waals surface area contributed by atoms with Crippen LogP contribution in [0, 0.1) is 0 Å². The monoisotopic (exact) mass is 489 g/mol. The van der Waals surface area contributed by atoms with Crippen LogP contribution in [0.15, 0.2) is 18.3 Å². The smallest absolute Gasteiger partial charge is 0.326 e. The van der Waals surface area contributed by atoms with Crippen LogP contribution < -0.4 is 10.6 Å². The molecule has 1 saturated carbocycles. The molecule has 2 aliphatic rings. The summed E-state index contributed by atoms with van der Waals surface area (Å²) in [5, 5.41) is 20.1. The van der Waals surface area contributed by atoms with E-state index >= 15 is 0 Å². The molecule has 3 N–H and O–H groups in total. The molecule has 3 heterocycles. The number of anilines is 1. The van der Waals surface area contributed by atoms with E-state index in [0.29, 0.717) is 30.2 Å². The number of carbonyl (C=O) groups excluding carboxylic acids is 1. The third-order valence-corrected chi connectivity index (χ3v) is 6.89. The van der Waals surface area contributed by atoms with Crippen molar-refractivity contribution in [1.29, 1.82) is 0 Å². The van der Waals surface area contributed by atoms with Crippen LogP contribution in [-0.2, 0) is 39.6 Å². The maximum Gasteiger partial charge on any atom is 0.326 e. The normalized spacial score (nSPS) is 16.9. The second kappa shape index (κ2) is 10.7. The molecule has 34 heavy (non-hydrogen) atoms. The Labute approximate surface area is 204 Å². The van der Waals surface area contributed by atoms with Gasteiger partial charge in [-0.05, 0) is 56.6 Å². The van der Waals surface area contributed by atoms with Crippen LogP contribution in [0.2, 0.25) is 5.02 Å². The molecule has 1 aliphatic heterocycles. The number of carbonyl (C=O) groups is 2. The van der Waals surface area contributed by atoms with Gasteiger partial charge >= 0.3 is 5.97 Å². The molecule has 2 aromatic rings. The number of halogens is 1. The summed E-state index contributed by atoms with van der Waals surface area (Å²) in [4.78, 5) is 29.3. The summed E-state index contributed by atoms with van der Waals surface area (Å²) in [6.45, 7) is 1.78. The van der Waals surface area contributed by atoms with Gasteiger partial charge in [-0.3, -0.25) is 9.48 Å². The van der Waals surface area contributed by atoms with Crippen LogP contribution in [-0.4, -0.2) is 57.5 Å². The first-order chi connectivity index (χ1) is 16.4. The van der Waals surface area contributed by atoms with Gasteiger partial charge in [0.1, 0.15) is 11.9 Å². The van der Waals surface area contributed by atoms with Gasteiger partial charge in [-0.2, -0.15) is 5.10 Å². The maximum atomic E-state index is 12.9. The van der Waals surface area contributed by atoms with Crippen molar-refractivity contribution < 1.29 is 19.4 Å².